The van der Waals surface area contributed by atoms with Crippen LogP contribution in [0, 0.1) is 10.8 Å². The molecule has 3 aliphatic rings. The van der Waals surface area contributed by atoms with E-state index in [2.05, 4.69) is 37.0 Å². The third-order valence-electron chi connectivity index (χ3n) is 4.17. The van der Waals surface area contributed by atoms with Crippen molar-refractivity contribution in [2.24, 2.45) is 10.8 Å². The maximum atomic E-state index is 5.99. The van der Waals surface area contributed by atoms with Gasteiger partial charge >= 0.3 is 0 Å². The summed E-state index contributed by atoms with van der Waals surface area (Å²) in [7, 11) is -1.77. The van der Waals surface area contributed by atoms with Gasteiger partial charge in [0, 0.05) is 37.0 Å². The first-order valence-electron chi connectivity index (χ1n) is 8.46. The molecule has 0 unspecified atom stereocenters. The summed E-state index contributed by atoms with van der Waals surface area (Å²) in [6, 6.07) is 0. The van der Waals surface area contributed by atoms with Crippen LogP contribution in [0.1, 0.15) is 34.1 Å². The Morgan fingerprint density at radius 3 is 1.30 bits per heavy atom. The van der Waals surface area contributed by atoms with E-state index in [-0.39, 0.29) is 10.8 Å². The molecule has 0 saturated carbocycles. The lowest BCUT2D eigenvalue weighted by atomic mass is 9.97. The summed E-state index contributed by atoms with van der Waals surface area (Å²) < 4.78 is 28.7. The smallest absolute Gasteiger partial charge is 0.258 e. The van der Waals surface area contributed by atoms with Gasteiger partial charge in [-0.05, 0) is 6.42 Å². The second-order valence-corrected chi connectivity index (χ2v) is 11.3. The van der Waals surface area contributed by atoms with E-state index in [9.17, 15) is 0 Å². The number of rotatable bonds is 2. The minimum absolute atomic E-state index is 0.135. The van der Waals surface area contributed by atoms with Gasteiger partial charge in [-0.25, -0.2) is 9.34 Å². The summed E-state index contributed by atoms with van der Waals surface area (Å²) in [5, 5.41) is 0. The van der Waals surface area contributed by atoms with Crippen LogP contribution in [-0.4, -0.2) is 61.9 Å². The van der Waals surface area contributed by atoms with Gasteiger partial charge in [-0.2, -0.15) is 0 Å². The molecule has 8 heteroatoms. The fraction of sp³-hybridized carbons (Fsp3) is 1.00. The fourth-order valence-corrected chi connectivity index (χ4v) is 6.38. The zero-order valence-electron chi connectivity index (χ0n) is 14.8. The summed E-state index contributed by atoms with van der Waals surface area (Å²) in [5.74, 6) is 0. The molecule has 0 aromatic heterocycles. The molecule has 3 fully saturated rings. The van der Waals surface area contributed by atoms with Crippen molar-refractivity contribution in [3.8, 4) is 0 Å². The molecule has 3 saturated heterocycles. The zero-order valence-corrected chi connectivity index (χ0v) is 16.6. The van der Waals surface area contributed by atoms with Crippen LogP contribution in [0.15, 0.2) is 0 Å². The van der Waals surface area contributed by atoms with E-state index in [1.54, 1.807) is 0 Å². The van der Waals surface area contributed by atoms with Gasteiger partial charge in [-0.1, -0.05) is 27.7 Å². The van der Waals surface area contributed by atoms with E-state index in [4.69, 9.17) is 18.1 Å². The van der Waals surface area contributed by atoms with E-state index in [0.717, 1.165) is 59.0 Å². The maximum Gasteiger partial charge on any atom is 0.258 e. The van der Waals surface area contributed by atoms with Gasteiger partial charge in [0.05, 0.1) is 26.4 Å². The average Bonchev–Trinajstić information content (AvgIpc) is 2.73. The molecule has 0 N–H and O–H groups in total. The first kappa shape index (κ1) is 18.4. The van der Waals surface area contributed by atoms with Gasteiger partial charge in [-0.3, -0.25) is 0 Å². The van der Waals surface area contributed by atoms with Crippen LogP contribution in [0.3, 0.4) is 0 Å². The number of hydrogen-bond donors (Lipinski definition) is 0. The second kappa shape index (κ2) is 7.47. The molecule has 0 spiro atoms. The highest BCUT2D eigenvalue weighted by molar-refractivity contribution is 7.45. The molecule has 6 nitrogen and oxygen atoms in total. The van der Waals surface area contributed by atoms with Crippen molar-refractivity contribution in [2.75, 3.05) is 52.6 Å². The van der Waals surface area contributed by atoms with Crippen LogP contribution < -0.4 is 0 Å². The van der Waals surface area contributed by atoms with Gasteiger partial charge in [0.15, 0.2) is 0 Å². The normalized spacial score (nSPS) is 31.8. The number of hydrogen-bond acceptors (Lipinski definition) is 6. The maximum absolute atomic E-state index is 5.99. The molecular formula is C15H30N2O4P2. The summed E-state index contributed by atoms with van der Waals surface area (Å²) in [4.78, 5) is 0. The summed E-state index contributed by atoms with van der Waals surface area (Å²) in [6.45, 7) is 15.9. The van der Waals surface area contributed by atoms with E-state index in [1.165, 1.54) is 0 Å². The minimum atomic E-state index is -0.885. The Kier molecular flexibility index (Phi) is 5.98. The Bertz CT molecular complexity index is 355. The Morgan fingerprint density at radius 1 is 0.609 bits per heavy atom. The molecule has 0 aromatic rings. The van der Waals surface area contributed by atoms with Gasteiger partial charge in [-0.15, -0.1) is 0 Å². The highest BCUT2D eigenvalue weighted by Gasteiger charge is 2.37. The Balaban J connectivity index is 1.48. The molecule has 3 aliphatic heterocycles. The monoisotopic (exact) mass is 364 g/mol. The Morgan fingerprint density at radius 2 is 0.957 bits per heavy atom. The molecule has 0 bridgehead atoms. The highest BCUT2D eigenvalue weighted by atomic mass is 31.2. The van der Waals surface area contributed by atoms with Crippen LogP contribution in [0.4, 0.5) is 0 Å². The van der Waals surface area contributed by atoms with Crippen molar-refractivity contribution in [2.45, 2.75) is 34.1 Å². The molecule has 23 heavy (non-hydrogen) atoms. The third kappa shape index (κ3) is 5.05. The average molecular weight is 364 g/mol. The van der Waals surface area contributed by atoms with Gasteiger partial charge in [0.1, 0.15) is 0 Å². The first-order valence-corrected chi connectivity index (χ1v) is 10.7. The Labute approximate surface area is 142 Å². The molecule has 0 aromatic carbocycles. The van der Waals surface area contributed by atoms with Gasteiger partial charge < -0.3 is 18.1 Å². The largest absolute Gasteiger partial charge is 0.321 e. The van der Waals surface area contributed by atoms with Crippen molar-refractivity contribution >= 4 is 17.1 Å². The van der Waals surface area contributed by atoms with E-state index in [0.29, 0.717) is 0 Å². The molecule has 3 heterocycles. The molecule has 3 rings (SSSR count). The minimum Gasteiger partial charge on any atom is -0.321 e. The van der Waals surface area contributed by atoms with Crippen LogP contribution in [0.25, 0.3) is 0 Å². The highest BCUT2D eigenvalue weighted by Crippen LogP contribution is 2.52. The van der Waals surface area contributed by atoms with Crippen molar-refractivity contribution in [1.29, 1.82) is 0 Å². The van der Waals surface area contributed by atoms with Crippen molar-refractivity contribution in [3.63, 3.8) is 0 Å². The topological polar surface area (TPSA) is 43.4 Å². The lowest BCUT2D eigenvalue weighted by Crippen LogP contribution is -2.35. The van der Waals surface area contributed by atoms with Gasteiger partial charge in [0.25, 0.3) is 17.1 Å². The molecule has 0 amide bonds. The van der Waals surface area contributed by atoms with E-state index < -0.39 is 17.1 Å². The van der Waals surface area contributed by atoms with Crippen molar-refractivity contribution < 1.29 is 18.1 Å². The molecule has 0 atom stereocenters. The third-order valence-corrected chi connectivity index (χ3v) is 7.30. The van der Waals surface area contributed by atoms with Gasteiger partial charge in [0.2, 0.25) is 0 Å². The zero-order chi connectivity index (χ0) is 16.5. The van der Waals surface area contributed by atoms with Crippen molar-refractivity contribution in [1.82, 2.24) is 9.34 Å². The van der Waals surface area contributed by atoms with Crippen LogP contribution in [0.2, 0.25) is 0 Å². The van der Waals surface area contributed by atoms with Crippen molar-refractivity contribution in [3.05, 3.63) is 0 Å². The second-order valence-electron chi connectivity index (χ2n) is 8.16. The van der Waals surface area contributed by atoms with Crippen LogP contribution in [-0.2, 0) is 18.1 Å². The SMILES string of the molecule is CC1(C)COP(N2CCCN(P3OCC(C)(C)CO3)CC2)OC1. The summed E-state index contributed by atoms with van der Waals surface area (Å²) >= 11 is 0. The lowest BCUT2D eigenvalue weighted by Gasteiger charge is -2.39. The molecule has 0 aliphatic carbocycles. The van der Waals surface area contributed by atoms with E-state index >= 15 is 0 Å². The molecule has 0 radical (unpaired) electrons. The summed E-state index contributed by atoms with van der Waals surface area (Å²) in [6.07, 6.45) is 1.10. The first-order chi connectivity index (χ1) is 10.8. The van der Waals surface area contributed by atoms with Crippen LogP contribution in [0.5, 0.6) is 0 Å². The molecular weight excluding hydrogens is 334 g/mol. The fourth-order valence-electron chi connectivity index (χ4n) is 2.62. The van der Waals surface area contributed by atoms with E-state index in [1.807, 2.05) is 0 Å². The molecule has 134 valence electrons. The Hall–Kier alpha value is 0.620. The number of nitrogens with zero attached hydrogens (tertiary/aromatic N) is 2. The summed E-state index contributed by atoms with van der Waals surface area (Å²) in [5.41, 5.74) is 0.271. The quantitative estimate of drug-likeness (QED) is 0.698. The lowest BCUT2D eigenvalue weighted by molar-refractivity contribution is 0.0425. The van der Waals surface area contributed by atoms with Crippen LogP contribution >= 0.6 is 17.1 Å². The predicted molar refractivity (Wildman–Crippen MR) is 93.0 cm³/mol. The standard InChI is InChI=1S/C15H30N2O4P2/c1-14(2)10-18-22(19-11-14)16-6-5-7-17(9-8-16)23-20-12-15(3,4)13-21-23/h5-13H2,1-4H3. The predicted octanol–water partition coefficient (Wildman–Crippen LogP) is 3.59.